The number of nitrogens with one attached hydrogen (secondary N) is 1. The molecular formula is C10H14N4O4S. The molecule has 0 radical (unpaired) electrons. The van der Waals surface area contributed by atoms with Gasteiger partial charge in [0.05, 0.1) is 9.82 Å². The Morgan fingerprint density at radius 1 is 1.37 bits per heavy atom. The van der Waals surface area contributed by atoms with Gasteiger partial charge < -0.3 is 11.1 Å². The minimum Gasteiger partial charge on any atom is -0.377 e. The SMILES string of the molecule is NC1CC(Nc2ccc(S(N)(=O)=O)cc2[N+](=O)[O-])C1. The quantitative estimate of drug-likeness (QED) is 0.531. The van der Waals surface area contributed by atoms with E-state index < -0.39 is 14.9 Å². The molecule has 0 aliphatic heterocycles. The number of nitrogens with two attached hydrogens (primary N) is 2. The Hall–Kier alpha value is -1.71. The van der Waals surface area contributed by atoms with Gasteiger partial charge in [0.25, 0.3) is 5.69 Å². The maximum Gasteiger partial charge on any atom is 0.293 e. The highest BCUT2D eigenvalue weighted by molar-refractivity contribution is 7.89. The predicted molar refractivity (Wildman–Crippen MR) is 69.1 cm³/mol. The molecule has 19 heavy (non-hydrogen) atoms. The van der Waals surface area contributed by atoms with Gasteiger partial charge in [-0.1, -0.05) is 0 Å². The van der Waals surface area contributed by atoms with Crippen molar-refractivity contribution in [3.63, 3.8) is 0 Å². The van der Waals surface area contributed by atoms with E-state index in [0.717, 1.165) is 18.9 Å². The Morgan fingerprint density at radius 2 is 2.00 bits per heavy atom. The van der Waals surface area contributed by atoms with Crippen LogP contribution < -0.4 is 16.2 Å². The highest BCUT2D eigenvalue weighted by Gasteiger charge is 2.28. The summed E-state index contributed by atoms with van der Waals surface area (Å²) in [6, 6.07) is 3.73. The van der Waals surface area contributed by atoms with Gasteiger partial charge in [-0.2, -0.15) is 0 Å². The van der Waals surface area contributed by atoms with Crippen molar-refractivity contribution in [2.75, 3.05) is 5.32 Å². The van der Waals surface area contributed by atoms with Crippen LogP contribution in [-0.4, -0.2) is 25.4 Å². The molecule has 1 aromatic rings. The summed E-state index contributed by atoms with van der Waals surface area (Å²) in [5, 5.41) is 18.9. The topological polar surface area (TPSA) is 141 Å². The van der Waals surface area contributed by atoms with Gasteiger partial charge in [0, 0.05) is 18.2 Å². The zero-order chi connectivity index (χ0) is 14.2. The van der Waals surface area contributed by atoms with Crippen molar-refractivity contribution in [3.8, 4) is 0 Å². The summed E-state index contributed by atoms with van der Waals surface area (Å²) in [6.07, 6.45) is 1.46. The van der Waals surface area contributed by atoms with Gasteiger partial charge in [0.15, 0.2) is 0 Å². The summed E-state index contributed by atoms with van der Waals surface area (Å²) < 4.78 is 22.3. The molecule has 0 spiro atoms. The van der Waals surface area contributed by atoms with Crippen molar-refractivity contribution >= 4 is 21.4 Å². The highest BCUT2D eigenvalue weighted by atomic mass is 32.2. The molecule has 1 fully saturated rings. The van der Waals surface area contributed by atoms with Crippen molar-refractivity contribution in [3.05, 3.63) is 28.3 Å². The van der Waals surface area contributed by atoms with Gasteiger partial charge in [-0.05, 0) is 25.0 Å². The number of sulfonamides is 1. The van der Waals surface area contributed by atoms with Crippen LogP contribution in [0.5, 0.6) is 0 Å². The van der Waals surface area contributed by atoms with Gasteiger partial charge >= 0.3 is 0 Å². The van der Waals surface area contributed by atoms with E-state index in [0.29, 0.717) is 0 Å². The third-order valence-corrected chi connectivity index (χ3v) is 3.94. The van der Waals surface area contributed by atoms with E-state index in [4.69, 9.17) is 10.9 Å². The first-order valence-electron chi connectivity index (χ1n) is 5.60. The van der Waals surface area contributed by atoms with Gasteiger partial charge in [0.1, 0.15) is 5.69 Å². The number of anilines is 1. The molecule has 5 N–H and O–H groups in total. The summed E-state index contributed by atoms with van der Waals surface area (Å²) in [5.74, 6) is 0. The standard InChI is InChI=1S/C10H14N4O4S/c11-6-3-7(4-6)13-9-2-1-8(19(12,17)18)5-10(9)14(15)16/h1-2,5-7,13H,3-4,11H2,(H2,12,17,18). The molecule has 0 atom stereocenters. The van der Waals surface area contributed by atoms with Crippen molar-refractivity contribution in [1.82, 2.24) is 0 Å². The Morgan fingerprint density at radius 3 is 2.47 bits per heavy atom. The minimum absolute atomic E-state index is 0.0778. The van der Waals surface area contributed by atoms with Crippen LogP contribution in [0.2, 0.25) is 0 Å². The number of hydrogen-bond donors (Lipinski definition) is 3. The van der Waals surface area contributed by atoms with E-state index in [1.165, 1.54) is 12.1 Å². The fraction of sp³-hybridized carbons (Fsp3) is 0.400. The number of benzene rings is 1. The number of nitrogens with zero attached hydrogens (tertiary/aromatic N) is 1. The molecule has 1 saturated carbocycles. The first-order chi connectivity index (χ1) is 8.77. The third kappa shape index (κ3) is 3.00. The molecular weight excluding hydrogens is 272 g/mol. The maximum atomic E-state index is 11.2. The Bertz CT molecular complexity index is 610. The van der Waals surface area contributed by atoms with Gasteiger partial charge in [-0.25, -0.2) is 13.6 Å². The van der Waals surface area contributed by atoms with E-state index in [2.05, 4.69) is 5.32 Å². The van der Waals surface area contributed by atoms with Crippen LogP contribution in [0.3, 0.4) is 0 Å². The largest absolute Gasteiger partial charge is 0.377 e. The number of nitro groups is 1. The molecule has 1 aliphatic rings. The lowest BCUT2D eigenvalue weighted by molar-refractivity contribution is -0.384. The average molecular weight is 286 g/mol. The summed E-state index contributed by atoms with van der Waals surface area (Å²) in [7, 11) is -3.96. The average Bonchev–Trinajstić information content (AvgIpc) is 2.25. The Labute approximate surface area is 110 Å². The highest BCUT2D eigenvalue weighted by Crippen LogP contribution is 2.31. The summed E-state index contributed by atoms with van der Waals surface area (Å²) in [5.41, 5.74) is 5.59. The smallest absolute Gasteiger partial charge is 0.293 e. The fourth-order valence-corrected chi connectivity index (χ4v) is 2.49. The summed E-state index contributed by atoms with van der Waals surface area (Å²) >= 11 is 0. The van der Waals surface area contributed by atoms with Crippen LogP contribution in [0.1, 0.15) is 12.8 Å². The van der Waals surface area contributed by atoms with E-state index >= 15 is 0 Å². The molecule has 0 bridgehead atoms. The van der Waals surface area contributed by atoms with Gasteiger partial charge in [-0.15, -0.1) is 0 Å². The van der Waals surface area contributed by atoms with Crippen molar-refractivity contribution in [2.24, 2.45) is 10.9 Å². The number of nitro benzene ring substituents is 1. The van der Waals surface area contributed by atoms with Gasteiger partial charge in [-0.3, -0.25) is 10.1 Å². The zero-order valence-electron chi connectivity index (χ0n) is 9.94. The normalized spacial score (nSPS) is 22.6. The summed E-state index contributed by atoms with van der Waals surface area (Å²) in [6.45, 7) is 0. The molecule has 0 aromatic heterocycles. The number of primary sulfonamides is 1. The molecule has 2 rings (SSSR count). The maximum absolute atomic E-state index is 11.2. The predicted octanol–water partition coefficient (Wildman–Crippen LogP) is 0.144. The third-order valence-electron chi connectivity index (χ3n) is 3.03. The number of rotatable bonds is 4. The Balaban J connectivity index is 2.31. The van der Waals surface area contributed by atoms with Crippen LogP contribution in [0.4, 0.5) is 11.4 Å². The van der Waals surface area contributed by atoms with Crippen LogP contribution in [0.25, 0.3) is 0 Å². The van der Waals surface area contributed by atoms with E-state index in [-0.39, 0.29) is 28.4 Å². The monoisotopic (exact) mass is 286 g/mol. The van der Waals surface area contributed by atoms with Crippen LogP contribution in [0, 0.1) is 10.1 Å². The first kappa shape index (κ1) is 13.7. The summed E-state index contributed by atoms with van der Waals surface area (Å²) in [4.78, 5) is 10.0. The lowest BCUT2D eigenvalue weighted by Gasteiger charge is -2.33. The van der Waals surface area contributed by atoms with Crippen LogP contribution in [-0.2, 0) is 10.0 Å². The van der Waals surface area contributed by atoms with Gasteiger partial charge in [0.2, 0.25) is 10.0 Å². The first-order valence-corrected chi connectivity index (χ1v) is 7.15. The second-order valence-electron chi connectivity index (χ2n) is 4.55. The molecule has 0 unspecified atom stereocenters. The molecule has 1 aromatic carbocycles. The molecule has 8 nitrogen and oxygen atoms in total. The molecule has 0 heterocycles. The minimum atomic E-state index is -3.96. The van der Waals surface area contributed by atoms with Crippen molar-refractivity contribution < 1.29 is 13.3 Å². The van der Waals surface area contributed by atoms with E-state index in [9.17, 15) is 18.5 Å². The van der Waals surface area contributed by atoms with Crippen molar-refractivity contribution in [1.29, 1.82) is 0 Å². The lowest BCUT2D eigenvalue weighted by atomic mass is 9.87. The van der Waals surface area contributed by atoms with Crippen LogP contribution in [0.15, 0.2) is 23.1 Å². The Kier molecular flexibility index (Phi) is 3.43. The van der Waals surface area contributed by atoms with Crippen LogP contribution >= 0.6 is 0 Å². The molecule has 1 aliphatic carbocycles. The molecule has 0 amide bonds. The van der Waals surface area contributed by atoms with Crippen molar-refractivity contribution in [2.45, 2.75) is 29.8 Å². The number of hydrogen-bond acceptors (Lipinski definition) is 6. The molecule has 104 valence electrons. The second kappa shape index (κ2) is 4.76. The molecule has 9 heteroatoms. The molecule has 0 saturated heterocycles. The second-order valence-corrected chi connectivity index (χ2v) is 6.12. The van der Waals surface area contributed by atoms with E-state index in [1.807, 2.05) is 0 Å². The fourth-order valence-electron chi connectivity index (χ4n) is 1.96. The van der Waals surface area contributed by atoms with E-state index in [1.54, 1.807) is 0 Å². The lowest BCUT2D eigenvalue weighted by Crippen LogP contribution is -2.44. The zero-order valence-corrected chi connectivity index (χ0v) is 10.8.